The van der Waals surface area contributed by atoms with Crippen molar-refractivity contribution in [3.05, 3.63) is 29.3 Å². The Morgan fingerprint density at radius 2 is 2.11 bits per heavy atom. The molecule has 1 aromatic carbocycles. The standard InChI is InChI=1S/C14H21ClN2O/c15-13-2-1-3-14(10-13)18-9-8-17-6-4-12(11-16)5-7-17/h1-3,10,12H,4-9,11,16H2. The van der Waals surface area contributed by atoms with Crippen LogP contribution in [-0.4, -0.2) is 37.7 Å². The number of rotatable bonds is 5. The summed E-state index contributed by atoms with van der Waals surface area (Å²) < 4.78 is 5.69. The van der Waals surface area contributed by atoms with Gasteiger partial charge in [0.2, 0.25) is 0 Å². The van der Waals surface area contributed by atoms with Gasteiger partial charge in [-0.15, -0.1) is 0 Å². The van der Waals surface area contributed by atoms with Crippen LogP contribution in [0.5, 0.6) is 5.75 Å². The third-order valence-electron chi connectivity index (χ3n) is 3.51. The van der Waals surface area contributed by atoms with Gasteiger partial charge in [0.15, 0.2) is 0 Å². The van der Waals surface area contributed by atoms with Crippen LogP contribution in [0.1, 0.15) is 12.8 Å². The van der Waals surface area contributed by atoms with E-state index in [0.717, 1.165) is 42.9 Å². The van der Waals surface area contributed by atoms with Gasteiger partial charge in [-0.1, -0.05) is 17.7 Å². The van der Waals surface area contributed by atoms with Crippen molar-refractivity contribution in [3.8, 4) is 5.75 Å². The summed E-state index contributed by atoms with van der Waals surface area (Å²) in [4.78, 5) is 2.44. The SMILES string of the molecule is NCC1CCN(CCOc2cccc(Cl)c2)CC1. The molecule has 0 saturated carbocycles. The fourth-order valence-corrected chi connectivity index (χ4v) is 2.48. The van der Waals surface area contributed by atoms with Crippen LogP contribution in [0.4, 0.5) is 0 Å². The monoisotopic (exact) mass is 268 g/mol. The molecule has 4 heteroatoms. The second-order valence-corrected chi connectivity index (χ2v) is 5.26. The average Bonchev–Trinajstić information content (AvgIpc) is 2.40. The first-order valence-electron chi connectivity index (χ1n) is 6.58. The van der Waals surface area contributed by atoms with Gasteiger partial charge in [-0.3, -0.25) is 4.90 Å². The molecule has 18 heavy (non-hydrogen) atoms. The Bertz CT molecular complexity index is 365. The summed E-state index contributed by atoms with van der Waals surface area (Å²) in [7, 11) is 0. The number of likely N-dealkylation sites (tertiary alicyclic amines) is 1. The maximum absolute atomic E-state index is 5.90. The van der Waals surface area contributed by atoms with Crippen LogP contribution in [-0.2, 0) is 0 Å². The lowest BCUT2D eigenvalue weighted by molar-refractivity contribution is 0.157. The van der Waals surface area contributed by atoms with E-state index in [-0.39, 0.29) is 0 Å². The molecule has 1 aliphatic rings. The molecule has 0 amide bonds. The van der Waals surface area contributed by atoms with Crippen molar-refractivity contribution >= 4 is 11.6 Å². The third kappa shape index (κ3) is 4.16. The molecule has 0 unspecified atom stereocenters. The zero-order valence-electron chi connectivity index (χ0n) is 10.6. The predicted molar refractivity (Wildman–Crippen MR) is 75.2 cm³/mol. The second-order valence-electron chi connectivity index (χ2n) is 4.83. The molecular formula is C14H21ClN2O. The molecular weight excluding hydrogens is 248 g/mol. The molecule has 2 rings (SSSR count). The van der Waals surface area contributed by atoms with Crippen molar-refractivity contribution in [2.45, 2.75) is 12.8 Å². The van der Waals surface area contributed by atoms with E-state index in [1.165, 1.54) is 12.8 Å². The zero-order valence-corrected chi connectivity index (χ0v) is 11.4. The highest BCUT2D eigenvalue weighted by Crippen LogP contribution is 2.18. The van der Waals surface area contributed by atoms with Gasteiger partial charge in [-0.05, 0) is 56.6 Å². The summed E-state index contributed by atoms with van der Waals surface area (Å²) >= 11 is 5.90. The van der Waals surface area contributed by atoms with E-state index in [9.17, 15) is 0 Å². The molecule has 0 aromatic heterocycles. The highest BCUT2D eigenvalue weighted by molar-refractivity contribution is 6.30. The molecule has 0 atom stereocenters. The smallest absolute Gasteiger partial charge is 0.120 e. The Hall–Kier alpha value is -0.770. The molecule has 1 heterocycles. The lowest BCUT2D eigenvalue weighted by Crippen LogP contribution is -2.38. The molecule has 0 bridgehead atoms. The summed E-state index contributed by atoms with van der Waals surface area (Å²) in [5, 5.41) is 0.719. The number of ether oxygens (including phenoxy) is 1. The number of nitrogens with two attached hydrogens (primary N) is 1. The van der Waals surface area contributed by atoms with Crippen LogP contribution in [0.15, 0.2) is 24.3 Å². The van der Waals surface area contributed by atoms with Crippen molar-refractivity contribution < 1.29 is 4.74 Å². The lowest BCUT2D eigenvalue weighted by Gasteiger charge is -2.31. The first-order chi connectivity index (χ1) is 8.78. The van der Waals surface area contributed by atoms with Gasteiger partial charge in [0.25, 0.3) is 0 Å². The summed E-state index contributed by atoms with van der Waals surface area (Å²) in [6.45, 7) is 4.80. The van der Waals surface area contributed by atoms with Crippen LogP contribution in [0.2, 0.25) is 5.02 Å². The van der Waals surface area contributed by atoms with E-state index in [1.807, 2.05) is 24.3 Å². The molecule has 1 fully saturated rings. The molecule has 0 radical (unpaired) electrons. The van der Waals surface area contributed by atoms with Crippen molar-refractivity contribution in [2.24, 2.45) is 11.7 Å². The van der Waals surface area contributed by atoms with Gasteiger partial charge in [-0.25, -0.2) is 0 Å². The topological polar surface area (TPSA) is 38.5 Å². The first kappa shape index (κ1) is 13.7. The fraction of sp³-hybridized carbons (Fsp3) is 0.571. The molecule has 0 aliphatic carbocycles. The van der Waals surface area contributed by atoms with Gasteiger partial charge in [-0.2, -0.15) is 0 Å². The Morgan fingerprint density at radius 1 is 1.33 bits per heavy atom. The van der Waals surface area contributed by atoms with E-state index in [2.05, 4.69) is 4.90 Å². The van der Waals surface area contributed by atoms with Crippen molar-refractivity contribution in [1.29, 1.82) is 0 Å². The second kappa shape index (κ2) is 6.98. The normalized spacial score (nSPS) is 17.9. The minimum absolute atomic E-state index is 0.716. The summed E-state index contributed by atoms with van der Waals surface area (Å²) in [6, 6.07) is 7.55. The summed E-state index contributed by atoms with van der Waals surface area (Å²) in [6.07, 6.45) is 2.43. The maximum atomic E-state index is 5.90. The van der Waals surface area contributed by atoms with Crippen LogP contribution >= 0.6 is 11.6 Å². The number of nitrogens with zero attached hydrogens (tertiary/aromatic N) is 1. The van der Waals surface area contributed by atoms with Crippen LogP contribution in [0, 0.1) is 5.92 Å². The van der Waals surface area contributed by atoms with Crippen LogP contribution < -0.4 is 10.5 Å². The zero-order chi connectivity index (χ0) is 12.8. The predicted octanol–water partition coefficient (Wildman–Crippen LogP) is 2.39. The van der Waals surface area contributed by atoms with E-state index >= 15 is 0 Å². The van der Waals surface area contributed by atoms with Gasteiger partial charge in [0, 0.05) is 11.6 Å². The Kier molecular flexibility index (Phi) is 5.29. The number of hydrogen-bond acceptors (Lipinski definition) is 3. The van der Waals surface area contributed by atoms with Gasteiger partial charge in [0.05, 0.1) is 0 Å². The van der Waals surface area contributed by atoms with E-state index in [1.54, 1.807) is 0 Å². The van der Waals surface area contributed by atoms with Gasteiger partial charge < -0.3 is 10.5 Å². The minimum atomic E-state index is 0.716. The van der Waals surface area contributed by atoms with E-state index in [0.29, 0.717) is 6.61 Å². The Balaban J connectivity index is 1.67. The van der Waals surface area contributed by atoms with Crippen molar-refractivity contribution in [3.63, 3.8) is 0 Å². The van der Waals surface area contributed by atoms with E-state index in [4.69, 9.17) is 22.1 Å². The van der Waals surface area contributed by atoms with Crippen LogP contribution in [0.3, 0.4) is 0 Å². The molecule has 1 aliphatic heterocycles. The number of hydrogen-bond donors (Lipinski definition) is 1. The minimum Gasteiger partial charge on any atom is -0.492 e. The molecule has 1 aromatic rings. The molecule has 100 valence electrons. The maximum Gasteiger partial charge on any atom is 0.120 e. The quantitative estimate of drug-likeness (QED) is 0.891. The van der Waals surface area contributed by atoms with Crippen molar-refractivity contribution in [1.82, 2.24) is 4.90 Å². The fourth-order valence-electron chi connectivity index (χ4n) is 2.30. The summed E-state index contributed by atoms with van der Waals surface area (Å²) in [5.74, 6) is 1.56. The third-order valence-corrected chi connectivity index (χ3v) is 3.75. The van der Waals surface area contributed by atoms with Gasteiger partial charge in [0.1, 0.15) is 12.4 Å². The lowest BCUT2D eigenvalue weighted by atomic mass is 9.97. The average molecular weight is 269 g/mol. The highest BCUT2D eigenvalue weighted by Gasteiger charge is 2.17. The number of benzene rings is 1. The Labute approximate surface area is 114 Å². The first-order valence-corrected chi connectivity index (χ1v) is 6.96. The van der Waals surface area contributed by atoms with E-state index < -0.39 is 0 Å². The number of halogens is 1. The Morgan fingerprint density at radius 3 is 2.78 bits per heavy atom. The summed E-state index contributed by atoms with van der Waals surface area (Å²) in [5.41, 5.74) is 5.68. The molecule has 3 nitrogen and oxygen atoms in total. The molecule has 0 spiro atoms. The largest absolute Gasteiger partial charge is 0.492 e. The van der Waals surface area contributed by atoms with Crippen molar-refractivity contribution in [2.75, 3.05) is 32.8 Å². The molecule has 1 saturated heterocycles. The highest BCUT2D eigenvalue weighted by atomic mass is 35.5. The molecule has 2 N–H and O–H groups in total. The van der Waals surface area contributed by atoms with Crippen LogP contribution in [0.25, 0.3) is 0 Å². The van der Waals surface area contributed by atoms with Gasteiger partial charge >= 0.3 is 0 Å². The number of piperidine rings is 1.